The fraction of sp³-hybridized carbons (Fsp3) is 0.667. The Morgan fingerprint density at radius 3 is 2.80 bits per heavy atom. The van der Waals surface area contributed by atoms with Crippen LogP contribution in [0, 0.1) is 18.8 Å². The molecule has 3 unspecified atom stereocenters. The van der Waals surface area contributed by atoms with E-state index >= 15 is 0 Å². The minimum atomic E-state index is 0.520. The normalized spacial score (nSPS) is 24.6. The molecule has 1 fully saturated rings. The van der Waals surface area contributed by atoms with E-state index < -0.39 is 0 Å². The summed E-state index contributed by atoms with van der Waals surface area (Å²) < 4.78 is 1.24. The Bertz CT molecular complexity index is 429. The third kappa shape index (κ3) is 3.65. The van der Waals surface area contributed by atoms with Crippen molar-refractivity contribution in [2.75, 3.05) is 6.54 Å². The number of hydrogen-bond donors (Lipinski definition) is 1. The van der Waals surface area contributed by atoms with Crippen LogP contribution in [0.4, 0.5) is 0 Å². The lowest BCUT2D eigenvalue weighted by atomic mass is 9.74. The Balaban J connectivity index is 2.23. The lowest BCUT2D eigenvalue weighted by molar-refractivity contribution is 0.210. The standard InChI is InChI=1S/C18H28BrN/c1-4-14-8-6-9-15(12-14)18(20-5-2)16-10-7-11-17(19)13(16)3/h7,10-11,14-15,18,20H,4-6,8-9,12H2,1-3H3. The molecule has 2 rings (SSSR count). The van der Waals surface area contributed by atoms with Crippen molar-refractivity contribution in [3.8, 4) is 0 Å². The summed E-state index contributed by atoms with van der Waals surface area (Å²) in [6.07, 6.45) is 6.94. The molecule has 0 heterocycles. The summed E-state index contributed by atoms with van der Waals surface area (Å²) in [5.74, 6) is 1.73. The van der Waals surface area contributed by atoms with Gasteiger partial charge in [0.1, 0.15) is 0 Å². The zero-order valence-electron chi connectivity index (χ0n) is 13.1. The summed E-state index contributed by atoms with van der Waals surface area (Å²) in [4.78, 5) is 0. The SMILES string of the molecule is CCNC(c1cccc(Br)c1C)C1CCCC(CC)C1. The van der Waals surface area contributed by atoms with Crippen LogP contribution in [-0.2, 0) is 0 Å². The van der Waals surface area contributed by atoms with E-state index in [1.54, 1.807) is 0 Å². The molecule has 1 nitrogen and oxygen atoms in total. The average Bonchev–Trinajstić information content (AvgIpc) is 2.48. The second kappa shape index (κ2) is 7.61. The summed E-state index contributed by atoms with van der Waals surface area (Å²) >= 11 is 3.69. The molecular weight excluding hydrogens is 310 g/mol. The van der Waals surface area contributed by atoms with Gasteiger partial charge in [-0.1, -0.05) is 61.2 Å². The number of rotatable bonds is 5. The zero-order chi connectivity index (χ0) is 14.5. The molecule has 0 amide bonds. The van der Waals surface area contributed by atoms with Crippen LogP contribution in [0.1, 0.15) is 63.1 Å². The molecule has 0 bridgehead atoms. The molecule has 1 aliphatic rings. The van der Waals surface area contributed by atoms with E-state index in [2.05, 4.69) is 60.2 Å². The maximum absolute atomic E-state index is 3.76. The van der Waals surface area contributed by atoms with Crippen LogP contribution in [0.15, 0.2) is 22.7 Å². The molecule has 1 aromatic rings. The van der Waals surface area contributed by atoms with Crippen LogP contribution >= 0.6 is 15.9 Å². The third-order valence-electron chi connectivity index (χ3n) is 4.94. The lowest BCUT2D eigenvalue weighted by Crippen LogP contribution is -2.32. The summed E-state index contributed by atoms with van der Waals surface area (Å²) in [5.41, 5.74) is 2.89. The van der Waals surface area contributed by atoms with Crippen molar-refractivity contribution in [1.29, 1.82) is 0 Å². The molecule has 112 valence electrons. The van der Waals surface area contributed by atoms with E-state index in [4.69, 9.17) is 0 Å². The first kappa shape index (κ1) is 16.0. The Morgan fingerprint density at radius 1 is 1.30 bits per heavy atom. The van der Waals surface area contributed by atoms with Crippen LogP contribution in [0.25, 0.3) is 0 Å². The van der Waals surface area contributed by atoms with E-state index in [9.17, 15) is 0 Å². The summed E-state index contributed by atoms with van der Waals surface area (Å²) in [6, 6.07) is 7.16. The van der Waals surface area contributed by atoms with Gasteiger partial charge in [-0.05, 0) is 55.3 Å². The Hall–Kier alpha value is -0.340. The number of halogens is 1. The molecule has 1 N–H and O–H groups in total. The zero-order valence-corrected chi connectivity index (χ0v) is 14.7. The molecule has 1 aromatic carbocycles. The van der Waals surface area contributed by atoms with Crippen molar-refractivity contribution in [3.63, 3.8) is 0 Å². The van der Waals surface area contributed by atoms with Gasteiger partial charge in [0.25, 0.3) is 0 Å². The molecule has 0 aliphatic heterocycles. The number of benzene rings is 1. The second-order valence-corrected chi connectivity index (χ2v) is 7.04. The number of hydrogen-bond acceptors (Lipinski definition) is 1. The van der Waals surface area contributed by atoms with Crippen molar-refractivity contribution < 1.29 is 0 Å². The van der Waals surface area contributed by atoms with E-state index in [0.717, 1.165) is 18.4 Å². The largest absolute Gasteiger partial charge is 0.310 e. The van der Waals surface area contributed by atoms with Gasteiger partial charge in [-0.3, -0.25) is 0 Å². The van der Waals surface area contributed by atoms with Gasteiger partial charge in [-0.2, -0.15) is 0 Å². The highest BCUT2D eigenvalue weighted by Crippen LogP contribution is 2.40. The van der Waals surface area contributed by atoms with Gasteiger partial charge in [0.2, 0.25) is 0 Å². The van der Waals surface area contributed by atoms with E-state index in [0.29, 0.717) is 6.04 Å². The highest BCUT2D eigenvalue weighted by molar-refractivity contribution is 9.10. The molecule has 1 saturated carbocycles. The van der Waals surface area contributed by atoms with Crippen LogP contribution in [0.3, 0.4) is 0 Å². The monoisotopic (exact) mass is 337 g/mol. The predicted octanol–water partition coefficient (Wildman–Crippen LogP) is 5.62. The van der Waals surface area contributed by atoms with Gasteiger partial charge in [0.05, 0.1) is 0 Å². The van der Waals surface area contributed by atoms with Crippen LogP contribution < -0.4 is 5.32 Å². The topological polar surface area (TPSA) is 12.0 Å². The molecular formula is C18H28BrN. The highest BCUT2D eigenvalue weighted by atomic mass is 79.9. The van der Waals surface area contributed by atoms with Gasteiger partial charge in [-0.25, -0.2) is 0 Å². The van der Waals surface area contributed by atoms with Gasteiger partial charge in [-0.15, -0.1) is 0 Å². The first-order valence-electron chi connectivity index (χ1n) is 8.15. The van der Waals surface area contributed by atoms with Crippen LogP contribution in [0.2, 0.25) is 0 Å². The first-order valence-corrected chi connectivity index (χ1v) is 8.95. The number of nitrogens with one attached hydrogen (secondary N) is 1. The van der Waals surface area contributed by atoms with E-state index in [-0.39, 0.29) is 0 Å². The second-order valence-electron chi connectivity index (χ2n) is 6.19. The fourth-order valence-corrected chi connectivity index (χ4v) is 4.10. The molecule has 1 aliphatic carbocycles. The summed E-state index contributed by atoms with van der Waals surface area (Å²) in [6.45, 7) is 7.86. The van der Waals surface area contributed by atoms with Gasteiger partial charge in [0, 0.05) is 10.5 Å². The molecule has 0 radical (unpaired) electrons. The quantitative estimate of drug-likeness (QED) is 0.734. The maximum Gasteiger partial charge on any atom is 0.0351 e. The minimum Gasteiger partial charge on any atom is -0.310 e. The Kier molecular flexibility index (Phi) is 6.10. The van der Waals surface area contributed by atoms with E-state index in [1.165, 1.54) is 47.7 Å². The fourth-order valence-electron chi connectivity index (χ4n) is 3.72. The van der Waals surface area contributed by atoms with Crippen molar-refractivity contribution in [2.45, 2.75) is 58.9 Å². The molecule has 0 spiro atoms. The van der Waals surface area contributed by atoms with Crippen LogP contribution in [0.5, 0.6) is 0 Å². The highest BCUT2D eigenvalue weighted by Gasteiger charge is 2.29. The predicted molar refractivity (Wildman–Crippen MR) is 91.0 cm³/mol. The lowest BCUT2D eigenvalue weighted by Gasteiger charge is -2.35. The van der Waals surface area contributed by atoms with Crippen molar-refractivity contribution in [2.24, 2.45) is 11.8 Å². The molecule has 0 aromatic heterocycles. The average molecular weight is 338 g/mol. The Labute approximate surface area is 132 Å². The molecule has 0 saturated heterocycles. The third-order valence-corrected chi connectivity index (χ3v) is 5.80. The summed E-state index contributed by atoms with van der Waals surface area (Å²) in [7, 11) is 0. The summed E-state index contributed by atoms with van der Waals surface area (Å²) in [5, 5.41) is 3.76. The van der Waals surface area contributed by atoms with Gasteiger partial charge in [0.15, 0.2) is 0 Å². The smallest absolute Gasteiger partial charge is 0.0351 e. The first-order chi connectivity index (χ1) is 9.67. The molecule has 2 heteroatoms. The minimum absolute atomic E-state index is 0.520. The van der Waals surface area contributed by atoms with Gasteiger partial charge >= 0.3 is 0 Å². The molecule has 20 heavy (non-hydrogen) atoms. The maximum atomic E-state index is 3.76. The molecule has 3 atom stereocenters. The van der Waals surface area contributed by atoms with Crippen LogP contribution in [-0.4, -0.2) is 6.54 Å². The van der Waals surface area contributed by atoms with Crippen molar-refractivity contribution >= 4 is 15.9 Å². The van der Waals surface area contributed by atoms with E-state index in [1.807, 2.05) is 0 Å². The van der Waals surface area contributed by atoms with Crippen molar-refractivity contribution in [3.05, 3.63) is 33.8 Å². The Morgan fingerprint density at radius 2 is 2.10 bits per heavy atom. The van der Waals surface area contributed by atoms with Gasteiger partial charge < -0.3 is 5.32 Å². The van der Waals surface area contributed by atoms with Crippen molar-refractivity contribution in [1.82, 2.24) is 5.32 Å².